The molecule has 1 aromatic rings. The van der Waals surface area contributed by atoms with Crippen LogP contribution in [0.15, 0.2) is 22.7 Å². The Morgan fingerprint density at radius 3 is 2.21 bits per heavy atom. The molecule has 0 saturated heterocycles. The van der Waals surface area contributed by atoms with E-state index in [1.54, 1.807) is 5.56 Å². The smallest absolute Gasteiger partial charge is 0.0215 e. The van der Waals surface area contributed by atoms with Crippen molar-refractivity contribution in [3.8, 4) is 0 Å². The van der Waals surface area contributed by atoms with Gasteiger partial charge in [0.25, 0.3) is 0 Å². The van der Waals surface area contributed by atoms with Gasteiger partial charge in [0.2, 0.25) is 0 Å². The van der Waals surface area contributed by atoms with E-state index in [-0.39, 0.29) is 0 Å². The fourth-order valence-corrected chi connectivity index (χ4v) is 4.05. The number of hydrogen-bond acceptors (Lipinski definition) is 0. The van der Waals surface area contributed by atoms with Gasteiger partial charge in [0, 0.05) is 4.47 Å². The minimum Gasteiger partial charge on any atom is -0.0654 e. The van der Waals surface area contributed by atoms with E-state index in [1.165, 1.54) is 55.0 Å². The van der Waals surface area contributed by atoms with Gasteiger partial charge in [-0.05, 0) is 42.4 Å². The van der Waals surface area contributed by atoms with Crippen LogP contribution < -0.4 is 0 Å². The van der Waals surface area contributed by atoms with Gasteiger partial charge in [-0.25, -0.2) is 0 Å². The maximum Gasteiger partial charge on any atom is 0.0215 e. The Hall–Kier alpha value is -0.300. The van der Waals surface area contributed by atoms with Crippen LogP contribution in [0.3, 0.4) is 0 Å². The van der Waals surface area contributed by atoms with Gasteiger partial charge in [0.15, 0.2) is 0 Å². The Morgan fingerprint density at radius 1 is 1.00 bits per heavy atom. The first-order chi connectivity index (χ1) is 9.05. The predicted molar refractivity (Wildman–Crippen MR) is 89.9 cm³/mol. The van der Waals surface area contributed by atoms with Crippen LogP contribution in [0.1, 0.15) is 76.8 Å². The number of hydrogen-bond donors (Lipinski definition) is 0. The summed E-state index contributed by atoms with van der Waals surface area (Å²) in [6.07, 6.45) is 9.22. The van der Waals surface area contributed by atoms with E-state index in [1.807, 2.05) is 0 Å². The highest BCUT2D eigenvalue weighted by Gasteiger charge is 2.28. The van der Waals surface area contributed by atoms with Gasteiger partial charge in [0.1, 0.15) is 0 Å². The van der Waals surface area contributed by atoms with Gasteiger partial charge in [-0.2, -0.15) is 0 Å². The molecule has 1 unspecified atom stereocenters. The Morgan fingerprint density at radius 2 is 1.63 bits per heavy atom. The average molecular weight is 325 g/mol. The Labute approximate surface area is 128 Å². The summed E-state index contributed by atoms with van der Waals surface area (Å²) in [7, 11) is 0. The molecule has 0 aliphatic carbocycles. The van der Waals surface area contributed by atoms with Crippen molar-refractivity contribution in [2.75, 3.05) is 0 Å². The number of unbranched alkanes of at least 4 members (excludes halogenated alkanes) is 3. The van der Waals surface area contributed by atoms with Crippen molar-refractivity contribution in [1.29, 1.82) is 0 Å². The topological polar surface area (TPSA) is 0 Å². The average Bonchev–Trinajstić information content (AvgIpc) is 2.36. The largest absolute Gasteiger partial charge is 0.0654 e. The van der Waals surface area contributed by atoms with Crippen LogP contribution >= 0.6 is 15.9 Å². The van der Waals surface area contributed by atoms with Gasteiger partial charge in [-0.15, -0.1) is 0 Å². The van der Waals surface area contributed by atoms with Gasteiger partial charge in [-0.3, -0.25) is 0 Å². The van der Waals surface area contributed by atoms with Gasteiger partial charge < -0.3 is 0 Å². The Balaban J connectivity index is 3.00. The molecule has 0 nitrogen and oxygen atoms in total. The second kappa shape index (κ2) is 8.09. The summed E-state index contributed by atoms with van der Waals surface area (Å²) in [4.78, 5) is 0. The molecule has 0 aliphatic rings. The standard InChI is InChI=1S/C18H29Br/c1-5-7-9-14-18(4,13-8-6-2)17-15(3)11-10-12-16(17)19/h10-12H,5-9,13-14H2,1-4H3. The molecule has 0 aromatic heterocycles. The summed E-state index contributed by atoms with van der Waals surface area (Å²) in [5, 5.41) is 0. The molecule has 19 heavy (non-hydrogen) atoms. The van der Waals surface area contributed by atoms with Crippen LogP contribution in [0.4, 0.5) is 0 Å². The normalized spacial score (nSPS) is 14.4. The van der Waals surface area contributed by atoms with Crippen molar-refractivity contribution in [1.82, 2.24) is 0 Å². The Bertz CT molecular complexity index is 363. The second-order valence-corrected chi connectivity index (χ2v) is 6.91. The molecule has 0 aliphatic heterocycles. The lowest BCUT2D eigenvalue weighted by Gasteiger charge is -2.33. The van der Waals surface area contributed by atoms with Crippen molar-refractivity contribution in [3.05, 3.63) is 33.8 Å². The molecule has 0 N–H and O–H groups in total. The van der Waals surface area contributed by atoms with Gasteiger partial charge >= 0.3 is 0 Å². The highest BCUT2D eigenvalue weighted by atomic mass is 79.9. The summed E-state index contributed by atoms with van der Waals surface area (Å²) in [5.74, 6) is 0. The van der Waals surface area contributed by atoms with E-state index in [4.69, 9.17) is 0 Å². The first kappa shape index (κ1) is 16.8. The maximum absolute atomic E-state index is 3.78. The van der Waals surface area contributed by atoms with Crippen LogP contribution in [0.25, 0.3) is 0 Å². The molecule has 1 aromatic carbocycles. The molecule has 0 amide bonds. The molecule has 1 heteroatoms. The number of rotatable bonds is 8. The van der Waals surface area contributed by atoms with Gasteiger partial charge in [0.05, 0.1) is 0 Å². The van der Waals surface area contributed by atoms with Crippen LogP contribution in [0, 0.1) is 6.92 Å². The van der Waals surface area contributed by atoms with E-state index >= 15 is 0 Å². The highest BCUT2D eigenvalue weighted by molar-refractivity contribution is 9.10. The Kier molecular flexibility index (Phi) is 7.13. The van der Waals surface area contributed by atoms with Crippen LogP contribution in [0.2, 0.25) is 0 Å². The van der Waals surface area contributed by atoms with Crippen LogP contribution in [0.5, 0.6) is 0 Å². The monoisotopic (exact) mass is 324 g/mol. The van der Waals surface area contributed by atoms with E-state index < -0.39 is 0 Å². The van der Waals surface area contributed by atoms with Crippen molar-refractivity contribution >= 4 is 15.9 Å². The zero-order valence-corrected chi connectivity index (χ0v) is 14.6. The summed E-state index contributed by atoms with van der Waals surface area (Å²) in [5.41, 5.74) is 3.30. The third-order valence-corrected chi connectivity index (χ3v) is 4.90. The first-order valence-corrected chi connectivity index (χ1v) is 8.60. The lowest BCUT2D eigenvalue weighted by Crippen LogP contribution is -2.24. The number of benzene rings is 1. The van der Waals surface area contributed by atoms with Crippen molar-refractivity contribution < 1.29 is 0 Å². The van der Waals surface area contributed by atoms with Crippen molar-refractivity contribution in [2.24, 2.45) is 0 Å². The zero-order valence-electron chi connectivity index (χ0n) is 13.1. The first-order valence-electron chi connectivity index (χ1n) is 7.80. The molecule has 0 radical (unpaired) electrons. The SMILES string of the molecule is CCCCCC(C)(CCCC)c1c(C)cccc1Br. The highest BCUT2D eigenvalue weighted by Crippen LogP contribution is 2.40. The lowest BCUT2D eigenvalue weighted by atomic mass is 9.73. The molecular formula is C18H29Br. The fourth-order valence-electron chi connectivity index (χ4n) is 3.10. The van der Waals surface area contributed by atoms with Crippen LogP contribution in [-0.4, -0.2) is 0 Å². The van der Waals surface area contributed by atoms with Gasteiger partial charge in [-0.1, -0.05) is 80.9 Å². The maximum atomic E-state index is 3.78. The molecule has 0 fully saturated rings. The molecule has 108 valence electrons. The predicted octanol–water partition coefficient (Wildman–Crippen LogP) is 6.79. The number of aryl methyl sites for hydroxylation is 1. The van der Waals surface area contributed by atoms with Crippen molar-refractivity contribution in [3.63, 3.8) is 0 Å². The molecule has 0 spiro atoms. The molecule has 0 heterocycles. The molecule has 1 atom stereocenters. The third kappa shape index (κ3) is 4.63. The minimum atomic E-state index is 0.329. The van der Waals surface area contributed by atoms with E-state index in [0.717, 1.165) is 0 Å². The molecule has 1 rings (SSSR count). The van der Waals surface area contributed by atoms with E-state index in [9.17, 15) is 0 Å². The number of halogens is 1. The quantitative estimate of drug-likeness (QED) is 0.462. The molecular weight excluding hydrogens is 296 g/mol. The molecule has 0 saturated carbocycles. The van der Waals surface area contributed by atoms with Crippen molar-refractivity contribution in [2.45, 2.75) is 78.1 Å². The second-order valence-electron chi connectivity index (χ2n) is 6.05. The summed E-state index contributed by atoms with van der Waals surface area (Å²) >= 11 is 3.78. The lowest BCUT2D eigenvalue weighted by molar-refractivity contribution is 0.368. The van der Waals surface area contributed by atoms with E-state index in [0.29, 0.717) is 5.41 Å². The zero-order chi connectivity index (χ0) is 14.3. The third-order valence-electron chi connectivity index (χ3n) is 4.24. The summed E-state index contributed by atoms with van der Waals surface area (Å²) in [6, 6.07) is 6.60. The molecule has 0 bridgehead atoms. The summed E-state index contributed by atoms with van der Waals surface area (Å²) < 4.78 is 1.29. The van der Waals surface area contributed by atoms with E-state index in [2.05, 4.69) is 61.8 Å². The fraction of sp³-hybridized carbons (Fsp3) is 0.667. The summed E-state index contributed by atoms with van der Waals surface area (Å²) in [6.45, 7) is 9.29. The van der Waals surface area contributed by atoms with Crippen LogP contribution in [-0.2, 0) is 5.41 Å². The minimum absolute atomic E-state index is 0.329.